The molecular weight excluding hydrogens is 246 g/mol. The van der Waals surface area contributed by atoms with Crippen molar-refractivity contribution in [2.24, 2.45) is 0 Å². The van der Waals surface area contributed by atoms with Gasteiger partial charge >= 0.3 is 0 Å². The highest BCUT2D eigenvalue weighted by atomic mass is 15.3. The molecule has 0 radical (unpaired) electrons. The van der Waals surface area contributed by atoms with Gasteiger partial charge in [0.15, 0.2) is 0 Å². The standard InChI is InChI=1S/C17H25N3/c1-4-12-20-17(10-11-19-20)15-9-7-8-14(13-15)16(5-2)18-6-3/h7-11,13,16,18H,4-6,12H2,1-3H3. The van der Waals surface area contributed by atoms with Crippen molar-refractivity contribution in [3.05, 3.63) is 42.1 Å². The first-order chi connectivity index (χ1) is 9.80. The second-order valence-corrected chi connectivity index (χ2v) is 5.08. The third kappa shape index (κ3) is 3.28. The minimum atomic E-state index is 0.433. The van der Waals surface area contributed by atoms with E-state index in [9.17, 15) is 0 Å². The minimum Gasteiger partial charge on any atom is -0.310 e. The number of hydrogen-bond acceptors (Lipinski definition) is 2. The molecule has 0 aliphatic carbocycles. The molecule has 1 unspecified atom stereocenters. The van der Waals surface area contributed by atoms with Crippen LogP contribution in [0.15, 0.2) is 36.5 Å². The summed E-state index contributed by atoms with van der Waals surface area (Å²) in [5, 5.41) is 7.95. The van der Waals surface area contributed by atoms with Crippen LogP contribution in [0, 0.1) is 0 Å². The van der Waals surface area contributed by atoms with Crippen LogP contribution in [0.4, 0.5) is 0 Å². The zero-order valence-corrected chi connectivity index (χ0v) is 12.8. The zero-order valence-electron chi connectivity index (χ0n) is 12.8. The molecule has 0 saturated heterocycles. The molecule has 1 aromatic carbocycles. The molecule has 0 spiro atoms. The second-order valence-electron chi connectivity index (χ2n) is 5.08. The van der Waals surface area contributed by atoms with E-state index in [4.69, 9.17) is 0 Å². The van der Waals surface area contributed by atoms with E-state index in [1.54, 1.807) is 0 Å². The van der Waals surface area contributed by atoms with Crippen molar-refractivity contribution < 1.29 is 0 Å². The van der Waals surface area contributed by atoms with Gasteiger partial charge in [-0.25, -0.2) is 0 Å². The van der Waals surface area contributed by atoms with Gasteiger partial charge < -0.3 is 5.32 Å². The quantitative estimate of drug-likeness (QED) is 0.824. The summed E-state index contributed by atoms with van der Waals surface area (Å²) in [6.07, 6.45) is 4.09. The first kappa shape index (κ1) is 14.8. The SMILES string of the molecule is CCCn1nccc1-c1cccc(C(CC)NCC)c1. The van der Waals surface area contributed by atoms with Crippen LogP contribution < -0.4 is 5.32 Å². The van der Waals surface area contributed by atoms with Gasteiger partial charge in [-0.15, -0.1) is 0 Å². The molecule has 0 aliphatic heterocycles. The molecule has 0 saturated carbocycles. The number of nitrogens with one attached hydrogen (secondary N) is 1. The van der Waals surface area contributed by atoms with Crippen molar-refractivity contribution in [3.8, 4) is 11.3 Å². The summed E-state index contributed by atoms with van der Waals surface area (Å²) in [6, 6.07) is 11.4. The van der Waals surface area contributed by atoms with Crippen LogP contribution in [-0.4, -0.2) is 16.3 Å². The Morgan fingerprint density at radius 2 is 2.05 bits per heavy atom. The fraction of sp³-hybridized carbons (Fsp3) is 0.471. The summed E-state index contributed by atoms with van der Waals surface area (Å²) < 4.78 is 2.09. The van der Waals surface area contributed by atoms with Gasteiger partial charge in [-0.05, 0) is 37.1 Å². The summed E-state index contributed by atoms with van der Waals surface area (Å²) in [7, 11) is 0. The smallest absolute Gasteiger partial charge is 0.0682 e. The van der Waals surface area contributed by atoms with Gasteiger partial charge in [0.05, 0.1) is 5.69 Å². The molecule has 0 aliphatic rings. The highest BCUT2D eigenvalue weighted by Crippen LogP contribution is 2.24. The van der Waals surface area contributed by atoms with Gasteiger partial charge in [-0.3, -0.25) is 4.68 Å². The Bertz CT molecular complexity index is 531. The van der Waals surface area contributed by atoms with Crippen molar-refractivity contribution >= 4 is 0 Å². The molecule has 108 valence electrons. The third-order valence-corrected chi connectivity index (χ3v) is 3.60. The number of hydrogen-bond donors (Lipinski definition) is 1. The summed E-state index contributed by atoms with van der Waals surface area (Å²) in [5.41, 5.74) is 3.82. The molecule has 0 bridgehead atoms. The second kappa shape index (κ2) is 7.25. The van der Waals surface area contributed by atoms with E-state index in [-0.39, 0.29) is 0 Å². The van der Waals surface area contributed by atoms with Crippen molar-refractivity contribution in [3.63, 3.8) is 0 Å². The molecule has 1 aromatic heterocycles. The third-order valence-electron chi connectivity index (χ3n) is 3.60. The van der Waals surface area contributed by atoms with Crippen LogP contribution in [0.2, 0.25) is 0 Å². The summed E-state index contributed by atoms with van der Waals surface area (Å²) in [4.78, 5) is 0. The van der Waals surface area contributed by atoms with Crippen LogP contribution in [0.25, 0.3) is 11.3 Å². The Morgan fingerprint density at radius 1 is 1.20 bits per heavy atom. The maximum absolute atomic E-state index is 4.41. The fourth-order valence-corrected chi connectivity index (χ4v) is 2.63. The molecule has 0 fully saturated rings. The molecule has 0 amide bonds. The zero-order chi connectivity index (χ0) is 14.4. The minimum absolute atomic E-state index is 0.433. The van der Waals surface area contributed by atoms with E-state index in [0.717, 1.165) is 25.9 Å². The maximum atomic E-state index is 4.41. The first-order valence-corrected chi connectivity index (χ1v) is 7.65. The Balaban J connectivity index is 2.31. The predicted molar refractivity (Wildman–Crippen MR) is 84.7 cm³/mol. The van der Waals surface area contributed by atoms with E-state index in [1.165, 1.54) is 16.8 Å². The average Bonchev–Trinajstić information content (AvgIpc) is 2.93. The van der Waals surface area contributed by atoms with Crippen molar-refractivity contribution in [2.75, 3.05) is 6.54 Å². The van der Waals surface area contributed by atoms with E-state index in [1.807, 2.05) is 6.20 Å². The van der Waals surface area contributed by atoms with Gasteiger partial charge in [0, 0.05) is 24.3 Å². The highest BCUT2D eigenvalue weighted by molar-refractivity contribution is 5.60. The molecule has 2 aromatic rings. The van der Waals surface area contributed by atoms with E-state index in [2.05, 4.69) is 66.2 Å². The number of benzene rings is 1. The molecule has 1 atom stereocenters. The van der Waals surface area contributed by atoms with Crippen LogP contribution in [0.1, 0.15) is 45.2 Å². The lowest BCUT2D eigenvalue weighted by molar-refractivity contribution is 0.537. The molecular formula is C17H25N3. The summed E-state index contributed by atoms with van der Waals surface area (Å²) >= 11 is 0. The fourth-order valence-electron chi connectivity index (χ4n) is 2.63. The number of aromatic nitrogens is 2. The Morgan fingerprint density at radius 3 is 2.75 bits per heavy atom. The van der Waals surface area contributed by atoms with Crippen LogP contribution >= 0.6 is 0 Å². The lowest BCUT2D eigenvalue weighted by atomic mass is 10.0. The van der Waals surface area contributed by atoms with Crippen molar-refractivity contribution in [2.45, 2.75) is 46.2 Å². The first-order valence-electron chi connectivity index (χ1n) is 7.65. The Labute approximate surface area is 122 Å². The number of nitrogens with zero attached hydrogens (tertiary/aromatic N) is 2. The highest BCUT2D eigenvalue weighted by Gasteiger charge is 2.10. The molecule has 2 rings (SSSR count). The monoisotopic (exact) mass is 271 g/mol. The van der Waals surface area contributed by atoms with Crippen LogP contribution in [0.5, 0.6) is 0 Å². The topological polar surface area (TPSA) is 29.9 Å². The van der Waals surface area contributed by atoms with Gasteiger partial charge in [0.25, 0.3) is 0 Å². The number of rotatable bonds is 7. The lowest BCUT2D eigenvalue weighted by Gasteiger charge is -2.17. The van der Waals surface area contributed by atoms with Gasteiger partial charge in [-0.1, -0.05) is 39.0 Å². The molecule has 3 heteroatoms. The van der Waals surface area contributed by atoms with Gasteiger partial charge in [0.2, 0.25) is 0 Å². The average molecular weight is 271 g/mol. The van der Waals surface area contributed by atoms with Crippen LogP contribution in [-0.2, 0) is 6.54 Å². The maximum Gasteiger partial charge on any atom is 0.0682 e. The van der Waals surface area contributed by atoms with E-state index < -0.39 is 0 Å². The Kier molecular flexibility index (Phi) is 5.36. The number of aryl methyl sites for hydroxylation is 1. The summed E-state index contributed by atoms with van der Waals surface area (Å²) in [5.74, 6) is 0. The molecule has 1 N–H and O–H groups in total. The Hall–Kier alpha value is -1.61. The predicted octanol–water partition coefficient (Wildman–Crippen LogP) is 4.02. The van der Waals surface area contributed by atoms with Crippen molar-refractivity contribution in [1.82, 2.24) is 15.1 Å². The molecule has 1 heterocycles. The molecule has 3 nitrogen and oxygen atoms in total. The lowest BCUT2D eigenvalue weighted by Crippen LogP contribution is -2.20. The van der Waals surface area contributed by atoms with Crippen molar-refractivity contribution in [1.29, 1.82) is 0 Å². The molecule has 20 heavy (non-hydrogen) atoms. The largest absolute Gasteiger partial charge is 0.310 e. The van der Waals surface area contributed by atoms with E-state index >= 15 is 0 Å². The van der Waals surface area contributed by atoms with Crippen LogP contribution in [0.3, 0.4) is 0 Å². The van der Waals surface area contributed by atoms with E-state index in [0.29, 0.717) is 6.04 Å². The van der Waals surface area contributed by atoms with Gasteiger partial charge in [0.1, 0.15) is 0 Å². The summed E-state index contributed by atoms with van der Waals surface area (Å²) in [6.45, 7) is 8.53. The normalized spacial score (nSPS) is 12.6. The van der Waals surface area contributed by atoms with Gasteiger partial charge in [-0.2, -0.15) is 5.10 Å².